The lowest BCUT2D eigenvalue weighted by Crippen LogP contribution is -2.57. The summed E-state index contributed by atoms with van der Waals surface area (Å²) in [7, 11) is -4.27. The second-order valence-electron chi connectivity index (χ2n) is 14.5. The molecule has 4 amide bonds. The van der Waals surface area contributed by atoms with E-state index in [0.717, 1.165) is 32.1 Å². The Morgan fingerprint density at radius 2 is 1.56 bits per heavy atom. The van der Waals surface area contributed by atoms with E-state index in [2.05, 4.69) is 16.0 Å². The minimum atomic E-state index is -4.27. The van der Waals surface area contributed by atoms with Crippen LogP contribution in [0.25, 0.3) is 0 Å². The number of alkyl carbamates (subject to hydrolysis) is 1. The summed E-state index contributed by atoms with van der Waals surface area (Å²) >= 11 is 0. The molecule has 1 heterocycles. The lowest BCUT2D eigenvalue weighted by Gasteiger charge is -2.31. The molecule has 3 rings (SSSR count). The molecule has 12 nitrogen and oxygen atoms in total. The first-order valence-electron chi connectivity index (χ1n) is 17.6. The van der Waals surface area contributed by atoms with E-state index in [9.17, 15) is 50.0 Å². The van der Waals surface area contributed by atoms with Crippen molar-refractivity contribution in [1.29, 1.82) is 0 Å². The molecule has 0 radical (unpaired) electrons. The summed E-state index contributed by atoms with van der Waals surface area (Å²) in [5.41, 5.74) is -1.31. The zero-order chi connectivity index (χ0) is 38.9. The molecule has 1 aromatic carbocycles. The second-order valence-corrected chi connectivity index (χ2v) is 16.4. The van der Waals surface area contributed by atoms with Crippen LogP contribution in [-0.2, 0) is 35.4 Å². The number of likely N-dealkylation sites (tertiary alicyclic amines) is 1. The molecule has 1 saturated carbocycles. The fraction of sp³-hybridized carbons (Fsp3) is 0.686. The molecule has 0 bridgehead atoms. The van der Waals surface area contributed by atoms with Crippen molar-refractivity contribution in [3.05, 3.63) is 34.9 Å². The number of hydrogen-bond donors (Lipinski definition) is 3. The molecule has 1 aliphatic carbocycles. The van der Waals surface area contributed by atoms with Gasteiger partial charge in [-0.15, -0.1) is 0 Å². The molecule has 1 saturated heterocycles. The number of amides is 4. The molecule has 0 aromatic heterocycles. The number of benzene rings is 1. The Balaban J connectivity index is 1.77. The monoisotopic (exact) mass is 762 g/mol. The molecule has 3 N–H and O–H groups in total. The molecule has 1 aromatic rings. The van der Waals surface area contributed by atoms with Crippen LogP contribution in [0.15, 0.2) is 12.1 Å². The molecule has 2 fully saturated rings. The zero-order valence-electron chi connectivity index (χ0n) is 30.2. The highest BCUT2D eigenvalue weighted by atomic mass is 32.2. The summed E-state index contributed by atoms with van der Waals surface area (Å²) in [6.07, 6.45) is 0.282. The predicted molar refractivity (Wildman–Crippen MR) is 183 cm³/mol. The Labute approximate surface area is 302 Å². The highest BCUT2D eigenvalue weighted by Gasteiger charge is 2.45. The number of hydrogen-bond acceptors (Lipinski definition) is 8. The van der Waals surface area contributed by atoms with Gasteiger partial charge in [0.25, 0.3) is 5.12 Å². The van der Waals surface area contributed by atoms with Gasteiger partial charge in [0, 0.05) is 36.9 Å². The average Bonchev–Trinajstić information content (AvgIpc) is 3.52. The maximum absolute atomic E-state index is 14.7. The van der Waals surface area contributed by atoms with Gasteiger partial charge in [0.1, 0.15) is 29.8 Å². The van der Waals surface area contributed by atoms with E-state index >= 15 is 0 Å². The number of sulfone groups is 1. The molecule has 0 spiro atoms. The predicted octanol–water partition coefficient (Wildman–Crippen LogP) is 4.15. The third kappa shape index (κ3) is 11.9. The molecular formula is C35H50F4N4O8S. The number of ether oxygens (including phenoxy) is 1. The van der Waals surface area contributed by atoms with Crippen molar-refractivity contribution in [1.82, 2.24) is 20.9 Å². The van der Waals surface area contributed by atoms with Gasteiger partial charge in [0.05, 0.1) is 6.61 Å². The second kappa shape index (κ2) is 18.8. The number of nitrogens with zero attached hydrogens (tertiary/aromatic N) is 1. The molecule has 292 valence electrons. The summed E-state index contributed by atoms with van der Waals surface area (Å²) in [6, 6.07) is -2.86. The maximum atomic E-state index is 14.7. The number of carbonyl (C=O) groups is 5. The third-order valence-corrected chi connectivity index (χ3v) is 10.3. The minimum Gasteiger partial charge on any atom is -0.449 e. The Hall–Kier alpha value is -3.76. The fourth-order valence-corrected chi connectivity index (χ4v) is 7.24. The van der Waals surface area contributed by atoms with E-state index in [0.29, 0.717) is 18.4 Å². The average molecular weight is 763 g/mol. The molecule has 52 heavy (non-hydrogen) atoms. The Bertz CT molecular complexity index is 1550. The Morgan fingerprint density at radius 1 is 0.942 bits per heavy atom. The third-order valence-electron chi connectivity index (χ3n) is 9.42. The van der Waals surface area contributed by atoms with E-state index in [1.54, 1.807) is 13.8 Å². The van der Waals surface area contributed by atoms with Crippen LogP contribution >= 0.6 is 0 Å². The van der Waals surface area contributed by atoms with E-state index in [1.165, 1.54) is 4.90 Å². The van der Waals surface area contributed by atoms with E-state index < -0.39 is 111 Å². The normalized spacial score (nSPS) is 19.4. The summed E-state index contributed by atoms with van der Waals surface area (Å²) < 4.78 is 84.9. The lowest BCUT2D eigenvalue weighted by atomic mass is 9.79. The van der Waals surface area contributed by atoms with Crippen molar-refractivity contribution in [3.8, 4) is 0 Å². The van der Waals surface area contributed by atoms with E-state index in [1.807, 2.05) is 13.8 Å². The highest BCUT2D eigenvalue weighted by molar-refractivity contribution is 8.06. The molecule has 2 aliphatic rings. The van der Waals surface area contributed by atoms with Gasteiger partial charge in [-0.05, 0) is 48.6 Å². The summed E-state index contributed by atoms with van der Waals surface area (Å²) in [6.45, 7) is 7.01. The number of nitrogens with one attached hydrogen (secondary N) is 3. The zero-order valence-corrected chi connectivity index (χ0v) is 31.0. The molecule has 0 unspecified atom stereocenters. The Kier molecular flexibility index (Phi) is 15.4. The summed E-state index contributed by atoms with van der Waals surface area (Å²) in [5.74, 6) is -5.14. The van der Waals surface area contributed by atoms with Gasteiger partial charge in [-0.1, -0.05) is 59.8 Å². The van der Waals surface area contributed by atoms with Crippen molar-refractivity contribution < 1.29 is 54.7 Å². The van der Waals surface area contributed by atoms with Crippen LogP contribution in [-0.4, -0.2) is 92.8 Å². The van der Waals surface area contributed by atoms with Gasteiger partial charge in [-0.2, -0.15) is 0 Å². The van der Waals surface area contributed by atoms with Crippen molar-refractivity contribution in [2.24, 2.45) is 23.7 Å². The van der Waals surface area contributed by atoms with Crippen molar-refractivity contribution in [2.45, 2.75) is 104 Å². The smallest absolute Gasteiger partial charge is 0.407 e. The van der Waals surface area contributed by atoms with Crippen LogP contribution in [0.4, 0.5) is 22.4 Å². The standard InChI is InChI=1S/C35H50F4N4O8S/c1-19(2)18-51-35(48)42-30(20(3)4)33(46)43-17-23(21-9-7-6-8-10-21)15-28(43)32(45)41-27(16-29(38)39)31(44)40-12-11-24-25(36)13-22(14-26(24)37)34(47)52(5,49)50/h13-14,19-21,23,27-30H,6-12,15-18H2,1-5H3,(H,40,44)(H,41,45)(H,42,48)/t23-,27+,28+,30+/m1/s1. The van der Waals surface area contributed by atoms with Gasteiger partial charge in [-0.3, -0.25) is 19.2 Å². The van der Waals surface area contributed by atoms with Crippen molar-refractivity contribution >= 4 is 38.8 Å². The minimum absolute atomic E-state index is 0.0507. The van der Waals surface area contributed by atoms with Crippen LogP contribution in [0, 0.1) is 35.3 Å². The van der Waals surface area contributed by atoms with Gasteiger partial charge >= 0.3 is 6.09 Å². The summed E-state index contributed by atoms with van der Waals surface area (Å²) in [5, 5.41) is 5.78. The van der Waals surface area contributed by atoms with Crippen molar-refractivity contribution in [3.63, 3.8) is 0 Å². The SMILES string of the molecule is CC(C)COC(=O)N[C@H](C(=O)N1C[C@H](C2CCCCC2)C[C@H]1C(=O)N[C@@H](CC(F)F)C(=O)NCCc1c(F)cc(C(=O)S(C)(=O)=O)cc1F)C(C)C. The molecule has 17 heteroatoms. The first-order chi connectivity index (χ1) is 24.3. The summed E-state index contributed by atoms with van der Waals surface area (Å²) in [4.78, 5) is 66.7. The first kappa shape index (κ1) is 42.7. The first-order valence-corrected chi connectivity index (χ1v) is 19.5. The fourth-order valence-electron chi connectivity index (χ4n) is 6.70. The molecule has 1 aliphatic heterocycles. The van der Waals surface area contributed by atoms with Gasteiger partial charge in [-0.25, -0.2) is 30.8 Å². The molecule has 4 atom stereocenters. The number of alkyl halides is 2. The van der Waals surface area contributed by atoms with Gasteiger partial charge in [0.15, 0.2) is 0 Å². The van der Waals surface area contributed by atoms with Crippen LogP contribution in [0.3, 0.4) is 0 Å². The quantitative estimate of drug-likeness (QED) is 0.224. The van der Waals surface area contributed by atoms with Gasteiger partial charge < -0.3 is 25.6 Å². The highest BCUT2D eigenvalue weighted by Crippen LogP contribution is 2.38. The van der Waals surface area contributed by atoms with Gasteiger partial charge in [0.2, 0.25) is 34.0 Å². The van der Waals surface area contributed by atoms with Crippen molar-refractivity contribution in [2.75, 3.05) is 26.0 Å². The number of carbonyl (C=O) groups excluding carboxylic acids is 5. The van der Waals surface area contributed by atoms with E-state index in [-0.39, 0.29) is 37.3 Å². The van der Waals surface area contributed by atoms with Crippen LogP contribution < -0.4 is 16.0 Å². The van der Waals surface area contributed by atoms with Crippen LogP contribution in [0.2, 0.25) is 0 Å². The Morgan fingerprint density at radius 3 is 2.10 bits per heavy atom. The number of rotatable bonds is 15. The lowest BCUT2D eigenvalue weighted by molar-refractivity contribution is -0.141. The van der Waals surface area contributed by atoms with Crippen LogP contribution in [0.1, 0.15) is 88.6 Å². The molecular weight excluding hydrogens is 712 g/mol. The number of halogens is 4. The van der Waals surface area contributed by atoms with E-state index in [4.69, 9.17) is 4.74 Å². The topological polar surface area (TPSA) is 168 Å². The largest absolute Gasteiger partial charge is 0.449 e. The maximum Gasteiger partial charge on any atom is 0.407 e. The van der Waals surface area contributed by atoms with Crippen LogP contribution in [0.5, 0.6) is 0 Å².